The number of benzene rings is 2. The number of hydrogen-bond donors (Lipinski definition) is 2. The summed E-state index contributed by atoms with van der Waals surface area (Å²) in [5.74, 6) is 0.297. The second-order valence-corrected chi connectivity index (χ2v) is 5.49. The van der Waals surface area contributed by atoms with Crippen molar-refractivity contribution in [2.45, 2.75) is 6.92 Å². The van der Waals surface area contributed by atoms with Crippen LogP contribution in [0.1, 0.15) is 11.1 Å². The SMILES string of the molecule is Cc1ccc(NC(=O)COc2ccc(/C=N\O)cc2Br)cc1. The molecule has 0 saturated carbocycles. The smallest absolute Gasteiger partial charge is 0.262 e. The minimum Gasteiger partial charge on any atom is -0.483 e. The van der Waals surface area contributed by atoms with E-state index < -0.39 is 0 Å². The van der Waals surface area contributed by atoms with Crippen molar-refractivity contribution < 1.29 is 14.7 Å². The molecule has 0 aliphatic heterocycles. The van der Waals surface area contributed by atoms with Gasteiger partial charge < -0.3 is 15.3 Å². The van der Waals surface area contributed by atoms with E-state index >= 15 is 0 Å². The molecule has 2 N–H and O–H groups in total. The molecule has 2 aromatic carbocycles. The Morgan fingerprint density at radius 2 is 2.05 bits per heavy atom. The van der Waals surface area contributed by atoms with Crippen LogP contribution in [0.3, 0.4) is 0 Å². The predicted molar refractivity (Wildman–Crippen MR) is 88.8 cm³/mol. The Hall–Kier alpha value is -2.34. The molecule has 0 aliphatic rings. The standard InChI is InChI=1S/C16H15BrN2O3/c1-11-2-5-13(6-3-11)19-16(20)10-22-15-7-4-12(9-18-21)8-14(15)17/h2-9,21H,10H2,1H3,(H,19,20)/b18-9-. The van der Waals surface area contributed by atoms with Gasteiger partial charge in [-0.1, -0.05) is 22.9 Å². The lowest BCUT2D eigenvalue weighted by Crippen LogP contribution is -2.20. The van der Waals surface area contributed by atoms with Crippen LogP contribution in [0.15, 0.2) is 52.1 Å². The molecule has 0 atom stereocenters. The van der Waals surface area contributed by atoms with Gasteiger partial charge in [0.25, 0.3) is 5.91 Å². The van der Waals surface area contributed by atoms with E-state index in [1.807, 2.05) is 31.2 Å². The molecule has 22 heavy (non-hydrogen) atoms. The van der Waals surface area contributed by atoms with Gasteiger partial charge in [0.2, 0.25) is 0 Å². The third kappa shape index (κ3) is 4.60. The van der Waals surface area contributed by atoms with Gasteiger partial charge >= 0.3 is 0 Å². The normalized spacial score (nSPS) is 10.6. The van der Waals surface area contributed by atoms with E-state index in [1.165, 1.54) is 6.21 Å². The summed E-state index contributed by atoms with van der Waals surface area (Å²) in [6.07, 6.45) is 1.30. The zero-order valence-corrected chi connectivity index (χ0v) is 13.5. The molecule has 0 spiro atoms. The Kier molecular flexibility index (Phi) is 5.55. The molecule has 1 amide bonds. The number of nitrogens with one attached hydrogen (secondary N) is 1. The Labute approximate surface area is 136 Å². The number of carbonyl (C=O) groups is 1. The summed E-state index contributed by atoms with van der Waals surface area (Å²) in [6.45, 7) is 1.89. The molecule has 114 valence electrons. The molecule has 0 aliphatic carbocycles. The first-order valence-electron chi connectivity index (χ1n) is 6.55. The molecular weight excluding hydrogens is 348 g/mol. The van der Waals surface area contributed by atoms with Crippen LogP contribution in [0.4, 0.5) is 5.69 Å². The lowest BCUT2D eigenvalue weighted by molar-refractivity contribution is -0.118. The fraction of sp³-hybridized carbons (Fsp3) is 0.125. The van der Waals surface area contributed by atoms with Crippen molar-refractivity contribution in [3.05, 3.63) is 58.1 Å². The molecular formula is C16H15BrN2O3. The molecule has 5 nitrogen and oxygen atoms in total. The number of halogens is 1. The number of amides is 1. The van der Waals surface area contributed by atoms with Gasteiger partial charge in [-0.15, -0.1) is 0 Å². The second kappa shape index (κ2) is 7.61. The van der Waals surface area contributed by atoms with Crippen LogP contribution in [0, 0.1) is 6.92 Å². The largest absolute Gasteiger partial charge is 0.483 e. The quantitative estimate of drug-likeness (QED) is 0.485. The maximum absolute atomic E-state index is 11.8. The highest BCUT2D eigenvalue weighted by Gasteiger charge is 2.06. The summed E-state index contributed by atoms with van der Waals surface area (Å²) >= 11 is 3.34. The van der Waals surface area contributed by atoms with Crippen LogP contribution in [0.2, 0.25) is 0 Å². The number of nitrogens with zero attached hydrogens (tertiary/aromatic N) is 1. The van der Waals surface area contributed by atoms with E-state index in [1.54, 1.807) is 18.2 Å². The Bertz CT molecular complexity index is 684. The number of oxime groups is 1. The zero-order valence-electron chi connectivity index (χ0n) is 11.9. The molecule has 0 radical (unpaired) electrons. The Morgan fingerprint density at radius 3 is 2.68 bits per heavy atom. The van der Waals surface area contributed by atoms with Gasteiger partial charge in [0.1, 0.15) is 5.75 Å². The first kappa shape index (κ1) is 16.0. The number of aryl methyl sites for hydroxylation is 1. The minimum absolute atomic E-state index is 0.0973. The maximum atomic E-state index is 11.8. The van der Waals surface area contributed by atoms with E-state index in [4.69, 9.17) is 9.94 Å². The average Bonchev–Trinajstić information content (AvgIpc) is 2.49. The van der Waals surface area contributed by atoms with Crippen molar-refractivity contribution in [2.75, 3.05) is 11.9 Å². The van der Waals surface area contributed by atoms with Crippen LogP contribution >= 0.6 is 15.9 Å². The zero-order chi connectivity index (χ0) is 15.9. The summed E-state index contributed by atoms with van der Waals surface area (Å²) in [7, 11) is 0. The average molecular weight is 363 g/mol. The van der Waals surface area contributed by atoms with Crippen LogP contribution in [0.25, 0.3) is 0 Å². The summed E-state index contributed by atoms with van der Waals surface area (Å²) in [6, 6.07) is 12.7. The fourth-order valence-corrected chi connectivity index (χ4v) is 2.27. The van der Waals surface area contributed by atoms with E-state index in [2.05, 4.69) is 26.4 Å². The predicted octanol–water partition coefficient (Wildman–Crippen LogP) is 3.58. The van der Waals surface area contributed by atoms with Crippen molar-refractivity contribution in [1.29, 1.82) is 0 Å². The topological polar surface area (TPSA) is 70.9 Å². The lowest BCUT2D eigenvalue weighted by atomic mass is 10.2. The van der Waals surface area contributed by atoms with Gasteiger partial charge in [0.05, 0.1) is 10.7 Å². The van der Waals surface area contributed by atoms with E-state index in [9.17, 15) is 4.79 Å². The Balaban J connectivity index is 1.92. The van der Waals surface area contributed by atoms with Crippen LogP contribution < -0.4 is 10.1 Å². The Morgan fingerprint density at radius 1 is 1.32 bits per heavy atom. The van der Waals surface area contributed by atoms with Crippen molar-refractivity contribution in [1.82, 2.24) is 0 Å². The van der Waals surface area contributed by atoms with Crippen LogP contribution in [-0.4, -0.2) is 23.9 Å². The summed E-state index contributed by atoms with van der Waals surface area (Å²) in [5, 5.41) is 14.2. The van der Waals surface area contributed by atoms with E-state index in [0.29, 0.717) is 15.8 Å². The van der Waals surface area contributed by atoms with Gasteiger partial charge in [0.15, 0.2) is 6.61 Å². The van der Waals surface area contributed by atoms with Gasteiger partial charge in [-0.25, -0.2) is 0 Å². The molecule has 2 aromatic rings. The molecule has 6 heteroatoms. The summed E-state index contributed by atoms with van der Waals surface area (Å²) in [5.41, 5.74) is 2.57. The van der Waals surface area contributed by atoms with Gasteiger partial charge in [-0.3, -0.25) is 4.79 Å². The minimum atomic E-state index is -0.239. The number of carbonyl (C=O) groups excluding carboxylic acids is 1. The number of ether oxygens (including phenoxy) is 1. The summed E-state index contributed by atoms with van der Waals surface area (Å²) < 4.78 is 6.14. The van der Waals surface area contributed by atoms with Crippen LogP contribution in [-0.2, 0) is 4.79 Å². The molecule has 2 rings (SSSR count). The first-order chi connectivity index (χ1) is 10.6. The first-order valence-corrected chi connectivity index (χ1v) is 7.34. The van der Waals surface area contributed by atoms with Crippen molar-refractivity contribution in [3.8, 4) is 5.75 Å². The molecule has 0 saturated heterocycles. The van der Waals surface area contributed by atoms with Crippen molar-refractivity contribution >= 4 is 33.7 Å². The maximum Gasteiger partial charge on any atom is 0.262 e. The fourth-order valence-electron chi connectivity index (χ4n) is 1.76. The van der Waals surface area contributed by atoms with Gasteiger partial charge in [-0.2, -0.15) is 0 Å². The molecule has 0 fully saturated rings. The van der Waals surface area contributed by atoms with Gasteiger partial charge in [-0.05, 0) is 58.7 Å². The molecule has 0 aromatic heterocycles. The van der Waals surface area contributed by atoms with E-state index in [0.717, 1.165) is 11.3 Å². The second-order valence-electron chi connectivity index (χ2n) is 4.64. The highest BCUT2D eigenvalue weighted by atomic mass is 79.9. The molecule has 0 bridgehead atoms. The van der Waals surface area contributed by atoms with Crippen molar-refractivity contribution in [3.63, 3.8) is 0 Å². The lowest BCUT2D eigenvalue weighted by Gasteiger charge is -2.09. The van der Waals surface area contributed by atoms with Gasteiger partial charge in [0, 0.05) is 5.69 Å². The number of hydrogen-bond acceptors (Lipinski definition) is 4. The van der Waals surface area contributed by atoms with Crippen LogP contribution in [0.5, 0.6) is 5.75 Å². The molecule has 0 unspecified atom stereocenters. The highest BCUT2D eigenvalue weighted by molar-refractivity contribution is 9.10. The molecule has 0 heterocycles. The van der Waals surface area contributed by atoms with E-state index in [-0.39, 0.29) is 12.5 Å². The number of anilines is 1. The van der Waals surface area contributed by atoms with Crippen molar-refractivity contribution in [2.24, 2.45) is 5.16 Å². The monoisotopic (exact) mass is 362 g/mol. The highest BCUT2D eigenvalue weighted by Crippen LogP contribution is 2.25. The number of rotatable bonds is 5. The third-order valence-corrected chi connectivity index (χ3v) is 3.48. The summed E-state index contributed by atoms with van der Waals surface area (Å²) in [4.78, 5) is 11.8. The third-order valence-electron chi connectivity index (χ3n) is 2.86.